The molecule has 17 heavy (non-hydrogen) atoms. The Balaban J connectivity index is 2.20. The number of halogens is 2. The minimum atomic E-state index is 0.124. The Kier molecular flexibility index (Phi) is 4.68. The van der Waals surface area contributed by atoms with Gasteiger partial charge >= 0.3 is 0 Å². The fourth-order valence-electron chi connectivity index (χ4n) is 2.11. The minimum absolute atomic E-state index is 0.124. The summed E-state index contributed by atoms with van der Waals surface area (Å²) in [5, 5.41) is 0.628. The van der Waals surface area contributed by atoms with Crippen LogP contribution in [0, 0.1) is 3.57 Å². The Bertz CT molecular complexity index is 414. The molecule has 92 valence electrons. The quantitative estimate of drug-likeness (QED) is 0.692. The Labute approximate surface area is 120 Å². The van der Waals surface area contributed by atoms with Gasteiger partial charge in [-0.3, -0.25) is 4.79 Å². The van der Waals surface area contributed by atoms with E-state index in [9.17, 15) is 4.79 Å². The summed E-state index contributed by atoms with van der Waals surface area (Å²) in [6, 6.07) is 5.49. The van der Waals surface area contributed by atoms with E-state index < -0.39 is 0 Å². The van der Waals surface area contributed by atoms with Crippen LogP contribution in [-0.2, 0) is 0 Å². The van der Waals surface area contributed by atoms with Gasteiger partial charge in [-0.1, -0.05) is 24.4 Å². The third-order valence-electron chi connectivity index (χ3n) is 3.05. The summed E-state index contributed by atoms with van der Waals surface area (Å²) in [6.45, 7) is 1.75. The Morgan fingerprint density at radius 1 is 1.18 bits per heavy atom. The predicted molar refractivity (Wildman–Crippen MR) is 78.5 cm³/mol. The normalized spacial score (nSPS) is 16.7. The van der Waals surface area contributed by atoms with E-state index in [0.29, 0.717) is 5.02 Å². The van der Waals surface area contributed by atoms with Crippen LogP contribution in [0.3, 0.4) is 0 Å². The molecule has 1 aromatic carbocycles. The van der Waals surface area contributed by atoms with Crippen molar-refractivity contribution in [1.82, 2.24) is 4.90 Å². The molecule has 1 amide bonds. The topological polar surface area (TPSA) is 20.3 Å². The van der Waals surface area contributed by atoms with E-state index in [4.69, 9.17) is 11.6 Å². The van der Waals surface area contributed by atoms with Crippen LogP contribution in [0.5, 0.6) is 0 Å². The number of rotatable bonds is 1. The van der Waals surface area contributed by atoms with Crippen LogP contribution in [0.25, 0.3) is 0 Å². The fourth-order valence-corrected chi connectivity index (χ4v) is 2.84. The summed E-state index contributed by atoms with van der Waals surface area (Å²) in [7, 11) is 0. The lowest BCUT2D eigenvalue weighted by Gasteiger charge is -2.21. The number of carbonyl (C=O) groups is 1. The van der Waals surface area contributed by atoms with Crippen molar-refractivity contribution >= 4 is 40.1 Å². The molecule has 0 unspecified atom stereocenters. The lowest BCUT2D eigenvalue weighted by atomic mass is 10.2. The molecule has 2 nitrogen and oxygen atoms in total. The number of nitrogens with zero attached hydrogens (tertiary/aromatic N) is 1. The second kappa shape index (κ2) is 6.05. The highest BCUT2D eigenvalue weighted by molar-refractivity contribution is 14.1. The first-order valence-corrected chi connectivity index (χ1v) is 7.38. The van der Waals surface area contributed by atoms with Crippen LogP contribution in [0.15, 0.2) is 18.2 Å². The average molecular weight is 364 g/mol. The summed E-state index contributed by atoms with van der Waals surface area (Å²) in [5.41, 5.74) is 0.736. The van der Waals surface area contributed by atoms with Crippen molar-refractivity contribution in [3.8, 4) is 0 Å². The zero-order valence-electron chi connectivity index (χ0n) is 9.59. The molecular formula is C13H15ClINO. The highest BCUT2D eigenvalue weighted by Crippen LogP contribution is 2.21. The molecule has 0 N–H and O–H groups in total. The van der Waals surface area contributed by atoms with Gasteiger partial charge in [-0.2, -0.15) is 0 Å². The van der Waals surface area contributed by atoms with Gasteiger partial charge in [0, 0.05) is 21.7 Å². The summed E-state index contributed by atoms with van der Waals surface area (Å²) in [5.74, 6) is 0.124. The fraction of sp³-hybridized carbons (Fsp3) is 0.462. The van der Waals surface area contributed by atoms with Crippen LogP contribution in [0.1, 0.15) is 36.0 Å². The van der Waals surface area contributed by atoms with E-state index in [2.05, 4.69) is 22.6 Å². The predicted octanol–water partition coefficient (Wildman–Crippen LogP) is 3.96. The van der Waals surface area contributed by atoms with Crippen molar-refractivity contribution in [2.75, 3.05) is 13.1 Å². The van der Waals surface area contributed by atoms with Crippen LogP contribution >= 0.6 is 34.2 Å². The standard InChI is InChI=1S/C13H15ClINO/c14-10-5-6-12(15)11(9-10)13(17)16-7-3-1-2-4-8-16/h5-6,9H,1-4,7-8H2. The molecule has 1 heterocycles. The van der Waals surface area contributed by atoms with Crippen molar-refractivity contribution in [3.05, 3.63) is 32.4 Å². The number of carbonyl (C=O) groups excluding carboxylic acids is 1. The molecule has 1 fully saturated rings. The highest BCUT2D eigenvalue weighted by Gasteiger charge is 2.19. The lowest BCUT2D eigenvalue weighted by Crippen LogP contribution is -2.32. The van der Waals surface area contributed by atoms with Crippen molar-refractivity contribution in [1.29, 1.82) is 0 Å². The van der Waals surface area contributed by atoms with Crippen LogP contribution in [-0.4, -0.2) is 23.9 Å². The van der Waals surface area contributed by atoms with E-state index in [0.717, 1.165) is 35.1 Å². The van der Waals surface area contributed by atoms with E-state index in [-0.39, 0.29) is 5.91 Å². The third-order valence-corrected chi connectivity index (χ3v) is 4.23. The zero-order chi connectivity index (χ0) is 12.3. The molecule has 0 bridgehead atoms. The monoisotopic (exact) mass is 363 g/mol. The SMILES string of the molecule is O=C(c1cc(Cl)ccc1I)N1CCCCCC1. The number of benzene rings is 1. The maximum absolute atomic E-state index is 12.4. The van der Waals surface area contributed by atoms with Crippen LogP contribution < -0.4 is 0 Å². The van der Waals surface area contributed by atoms with Crippen molar-refractivity contribution in [3.63, 3.8) is 0 Å². The molecule has 4 heteroatoms. The van der Waals surface area contributed by atoms with Crippen LogP contribution in [0.4, 0.5) is 0 Å². The largest absolute Gasteiger partial charge is 0.339 e. The summed E-state index contributed by atoms with van der Waals surface area (Å²) < 4.78 is 0.973. The molecule has 0 aliphatic carbocycles. The molecule has 1 aliphatic heterocycles. The van der Waals surface area contributed by atoms with Crippen molar-refractivity contribution in [2.24, 2.45) is 0 Å². The average Bonchev–Trinajstić information content (AvgIpc) is 2.60. The first-order valence-electron chi connectivity index (χ1n) is 5.93. The molecule has 2 rings (SSSR count). The van der Waals surface area contributed by atoms with E-state index >= 15 is 0 Å². The maximum atomic E-state index is 12.4. The van der Waals surface area contributed by atoms with Gasteiger partial charge in [-0.15, -0.1) is 0 Å². The lowest BCUT2D eigenvalue weighted by molar-refractivity contribution is 0.0760. The van der Waals surface area contributed by atoms with Crippen molar-refractivity contribution < 1.29 is 4.79 Å². The van der Waals surface area contributed by atoms with Gasteiger partial charge < -0.3 is 4.90 Å². The number of amides is 1. The first-order chi connectivity index (χ1) is 8.18. The Morgan fingerprint density at radius 3 is 2.47 bits per heavy atom. The highest BCUT2D eigenvalue weighted by atomic mass is 127. The van der Waals surface area contributed by atoms with Gasteiger partial charge in [0.05, 0.1) is 5.56 Å². The molecule has 0 aromatic heterocycles. The first kappa shape index (κ1) is 13.1. The summed E-state index contributed by atoms with van der Waals surface area (Å²) >= 11 is 8.15. The Morgan fingerprint density at radius 2 is 1.82 bits per heavy atom. The van der Waals surface area contributed by atoms with Crippen molar-refractivity contribution in [2.45, 2.75) is 25.7 Å². The van der Waals surface area contributed by atoms with Gasteiger partial charge in [0.15, 0.2) is 0 Å². The van der Waals surface area contributed by atoms with Gasteiger partial charge in [0.2, 0.25) is 0 Å². The van der Waals surface area contributed by atoms with Crippen LogP contribution in [0.2, 0.25) is 5.02 Å². The third kappa shape index (κ3) is 3.35. The van der Waals surface area contributed by atoms with E-state index in [1.807, 2.05) is 17.0 Å². The maximum Gasteiger partial charge on any atom is 0.254 e. The van der Waals surface area contributed by atoms with Gasteiger partial charge in [0.25, 0.3) is 5.91 Å². The molecule has 0 atom stereocenters. The molecule has 1 saturated heterocycles. The molecule has 1 aliphatic rings. The number of hydrogen-bond donors (Lipinski definition) is 0. The summed E-state index contributed by atoms with van der Waals surface area (Å²) in [6.07, 6.45) is 4.69. The Hall–Kier alpha value is -0.290. The van der Waals surface area contributed by atoms with Gasteiger partial charge in [0.1, 0.15) is 0 Å². The summed E-state index contributed by atoms with van der Waals surface area (Å²) in [4.78, 5) is 14.3. The van der Waals surface area contributed by atoms with Gasteiger partial charge in [-0.25, -0.2) is 0 Å². The molecule has 1 aromatic rings. The molecule has 0 radical (unpaired) electrons. The van der Waals surface area contributed by atoms with Gasteiger partial charge in [-0.05, 0) is 53.6 Å². The second-order valence-corrected chi connectivity index (χ2v) is 5.93. The second-order valence-electron chi connectivity index (χ2n) is 4.33. The zero-order valence-corrected chi connectivity index (χ0v) is 12.5. The smallest absolute Gasteiger partial charge is 0.254 e. The number of hydrogen-bond acceptors (Lipinski definition) is 1. The molecule has 0 saturated carbocycles. The van der Waals surface area contributed by atoms with E-state index in [1.54, 1.807) is 6.07 Å². The number of likely N-dealkylation sites (tertiary alicyclic amines) is 1. The molecule has 0 spiro atoms. The van der Waals surface area contributed by atoms with E-state index in [1.165, 1.54) is 12.8 Å². The molecular weight excluding hydrogens is 349 g/mol. The minimum Gasteiger partial charge on any atom is -0.339 e.